The van der Waals surface area contributed by atoms with Gasteiger partial charge in [0, 0.05) is 12.1 Å². The van der Waals surface area contributed by atoms with Crippen LogP contribution in [0.5, 0.6) is 0 Å². The Morgan fingerprint density at radius 2 is 2.07 bits per heavy atom. The number of nitrogens with two attached hydrogens (primary N) is 1. The van der Waals surface area contributed by atoms with Gasteiger partial charge in [-0.2, -0.15) is 15.3 Å². The molecule has 0 amide bonds. The molecule has 0 bridgehead atoms. The minimum Gasteiger partial charge on any atom is -0.326 e. The lowest BCUT2D eigenvalue weighted by atomic mass is 10.1. The zero-order chi connectivity index (χ0) is 9.97. The second-order valence-corrected chi connectivity index (χ2v) is 3.06. The van der Waals surface area contributed by atoms with Gasteiger partial charge in [0.25, 0.3) is 0 Å². The van der Waals surface area contributed by atoms with Gasteiger partial charge in [-0.25, -0.2) is 0 Å². The van der Waals surface area contributed by atoms with Crippen molar-refractivity contribution < 1.29 is 0 Å². The van der Waals surface area contributed by atoms with Crippen LogP contribution in [0, 0.1) is 6.92 Å². The Morgan fingerprint density at radius 1 is 1.29 bits per heavy atom. The highest BCUT2D eigenvalue weighted by molar-refractivity contribution is 5.64. The van der Waals surface area contributed by atoms with Gasteiger partial charge in [0.05, 0.1) is 24.3 Å². The molecule has 0 aromatic carbocycles. The van der Waals surface area contributed by atoms with Gasteiger partial charge in [-0.1, -0.05) is 0 Å². The predicted octanol–water partition coefficient (Wildman–Crippen LogP) is 0.634. The van der Waals surface area contributed by atoms with E-state index in [-0.39, 0.29) is 0 Å². The first-order valence-corrected chi connectivity index (χ1v) is 4.33. The van der Waals surface area contributed by atoms with E-state index < -0.39 is 0 Å². The highest BCUT2D eigenvalue weighted by Gasteiger charge is 2.08. The van der Waals surface area contributed by atoms with Crippen molar-refractivity contribution in [1.29, 1.82) is 0 Å². The van der Waals surface area contributed by atoms with Gasteiger partial charge in [0.15, 0.2) is 0 Å². The van der Waals surface area contributed by atoms with E-state index in [1.54, 1.807) is 18.6 Å². The number of aromatic nitrogens is 4. The van der Waals surface area contributed by atoms with E-state index in [9.17, 15) is 0 Å². The van der Waals surface area contributed by atoms with Gasteiger partial charge >= 0.3 is 0 Å². The third-order valence-corrected chi connectivity index (χ3v) is 2.13. The molecule has 3 N–H and O–H groups in total. The number of nitrogens with zero attached hydrogens (tertiary/aromatic N) is 3. The largest absolute Gasteiger partial charge is 0.326 e. The molecular formula is C9H11N5. The monoisotopic (exact) mass is 189 g/mol. The van der Waals surface area contributed by atoms with Crippen molar-refractivity contribution in [2.45, 2.75) is 13.5 Å². The predicted molar refractivity (Wildman–Crippen MR) is 52.2 cm³/mol. The maximum atomic E-state index is 5.60. The van der Waals surface area contributed by atoms with Crippen LogP contribution in [0.15, 0.2) is 18.6 Å². The summed E-state index contributed by atoms with van der Waals surface area (Å²) in [6, 6.07) is 0. The summed E-state index contributed by atoms with van der Waals surface area (Å²) in [7, 11) is 0. The molecule has 2 heterocycles. The van der Waals surface area contributed by atoms with Gasteiger partial charge in [-0.05, 0) is 18.1 Å². The average Bonchev–Trinajstić information content (AvgIpc) is 2.64. The Labute approximate surface area is 81.4 Å². The molecule has 0 fully saturated rings. The molecule has 0 spiro atoms. The molecule has 0 atom stereocenters. The zero-order valence-corrected chi connectivity index (χ0v) is 7.86. The molecular weight excluding hydrogens is 178 g/mol. The van der Waals surface area contributed by atoms with Crippen LogP contribution >= 0.6 is 0 Å². The quantitative estimate of drug-likeness (QED) is 0.726. The molecule has 2 rings (SSSR count). The van der Waals surface area contributed by atoms with E-state index >= 15 is 0 Å². The minimum absolute atomic E-state index is 0.448. The third-order valence-electron chi connectivity index (χ3n) is 2.13. The number of aromatic amines is 1. The number of hydrogen-bond donors (Lipinski definition) is 2. The van der Waals surface area contributed by atoms with E-state index in [2.05, 4.69) is 20.4 Å². The molecule has 72 valence electrons. The maximum absolute atomic E-state index is 5.60. The fourth-order valence-electron chi connectivity index (χ4n) is 1.35. The van der Waals surface area contributed by atoms with Crippen molar-refractivity contribution in [3.8, 4) is 11.3 Å². The average molecular weight is 189 g/mol. The number of hydrogen-bond acceptors (Lipinski definition) is 4. The molecule has 14 heavy (non-hydrogen) atoms. The summed E-state index contributed by atoms with van der Waals surface area (Å²) < 4.78 is 0. The van der Waals surface area contributed by atoms with Gasteiger partial charge in [-0.15, -0.1) is 0 Å². The molecule has 0 aliphatic carbocycles. The van der Waals surface area contributed by atoms with Crippen molar-refractivity contribution in [3.63, 3.8) is 0 Å². The summed E-state index contributed by atoms with van der Waals surface area (Å²) in [6.07, 6.45) is 5.15. The fourth-order valence-corrected chi connectivity index (χ4v) is 1.35. The van der Waals surface area contributed by atoms with Crippen LogP contribution < -0.4 is 5.73 Å². The Bertz CT molecular complexity index is 434. The molecule has 0 unspecified atom stereocenters. The molecule has 0 aliphatic heterocycles. The maximum Gasteiger partial charge on any atom is 0.0699 e. The van der Waals surface area contributed by atoms with Crippen LogP contribution in [-0.4, -0.2) is 20.4 Å². The Balaban J connectivity index is 2.56. The number of rotatable bonds is 2. The van der Waals surface area contributed by atoms with Gasteiger partial charge in [0.1, 0.15) is 0 Å². The van der Waals surface area contributed by atoms with E-state index in [0.29, 0.717) is 6.54 Å². The summed E-state index contributed by atoms with van der Waals surface area (Å²) in [5.41, 5.74) is 9.58. The lowest BCUT2D eigenvalue weighted by Gasteiger charge is -2.04. The normalized spacial score (nSPS) is 10.4. The highest BCUT2D eigenvalue weighted by atomic mass is 15.1. The Hall–Kier alpha value is -1.75. The third kappa shape index (κ3) is 1.38. The summed E-state index contributed by atoms with van der Waals surface area (Å²) in [4.78, 5) is 0. The summed E-state index contributed by atoms with van der Waals surface area (Å²) in [6.45, 7) is 2.43. The Kier molecular flexibility index (Phi) is 2.24. The molecule has 5 heteroatoms. The smallest absolute Gasteiger partial charge is 0.0699 e. The van der Waals surface area contributed by atoms with E-state index in [1.165, 1.54) is 0 Å². The first kappa shape index (κ1) is 8.83. The molecule has 0 aliphatic rings. The van der Waals surface area contributed by atoms with Crippen LogP contribution in [0.2, 0.25) is 0 Å². The first-order chi connectivity index (χ1) is 6.83. The lowest BCUT2D eigenvalue weighted by molar-refractivity contribution is 0.963. The molecule has 2 aromatic heterocycles. The molecule has 0 saturated carbocycles. The summed E-state index contributed by atoms with van der Waals surface area (Å²) in [5.74, 6) is 0. The van der Waals surface area contributed by atoms with E-state index in [0.717, 1.165) is 22.4 Å². The van der Waals surface area contributed by atoms with Crippen molar-refractivity contribution in [3.05, 3.63) is 29.7 Å². The molecule has 0 radical (unpaired) electrons. The molecule has 5 nitrogen and oxygen atoms in total. The second kappa shape index (κ2) is 3.55. The summed E-state index contributed by atoms with van der Waals surface area (Å²) in [5, 5.41) is 14.5. The first-order valence-electron chi connectivity index (χ1n) is 4.33. The molecule has 2 aromatic rings. The van der Waals surface area contributed by atoms with Crippen molar-refractivity contribution >= 4 is 0 Å². The number of nitrogens with one attached hydrogen (secondary N) is 1. The topological polar surface area (TPSA) is 80.5 Å². The standard InChI is InChI=1S/C9H11N5/c1-6-3-13-14-9(6)8-5-12-11-4-7(8)2-10/h3-5H,2,10H2,1H3,(H,13,14). The fraction of sp³-hybridized carbons (Fsp3) is 0.222. The molecule has 0 saturated heterocycles. The van der Waals surface area contributed by atoms with Gasteiger partial charge < -0.3 is 5.73 Å². The Morgan fingerprint density at radius 3 is 2.71 bits per heavy atom. The number of aryl methyl sites for hydroxylation is 1. The van der Waals surface area contributed by atoms with Crippen LogP contribution in [0.3, 0.4) is 0 Å². The van der Waals surface area contributed by atoms with E-state index in [4.69, 9.17) is 5.73 Å². The highest BCUT2D eigenvalue weighted by Crippen LogP contribution is 2.22. The number of H-pyrrole nitrogens is 1. The van der Waals surface area contributed by atoms with Crippen LogP contribution in [-0.2, 0) is 6.54 Å². The summed E-state index contributed by atoms with van der Waals surface area (Å²) >= 11 is 0. The second-order valence-electron chi connectivity index (χ2n) is 3.06. The van der Waals surface area contributed by atoms with Crippen molar-refractivity contribution in [2.24, 2.45) is 5.73 Å². The van der Waals surface area contributed by atoms with Crippen LogP contribution in [0.4, 0.5) is 0 Å². The lowest BCUT2D eigenvalue weighted by Crippen LogP contribution is -2.01. The SMILES string of the molecule is Cc1cn[nH]c1-c1cnncc1CN. The van der Waals surface area contributed by atoms with Crippen molar-refractivity contribution in [1.82, 2.24) is 20.4 Å². The van der Waals surface area contributed by atoms with Gasteiger partial charge in [0.2, 0.25) is 0 Å². The van der Waals surface area contributed by atoms with Crippen LogP contribution in [0.1, 0.15) is 11.1 Å². The van der Waals surface area contributed by atoms with Gasteiger partial charge in [-0.3, -0.25) is 5.10 Å². The van der Waals surface area contributed by atoms with E-state index in [1.807, 2.05) is 6.92 Å². The zero-order valence-electron chi connectivity index (χ0n) is 7.86. The van der Waals surface area contributed by atoms with Crippen molar-refractivity contribution in [2.75, 3.05) is 0 Å². The minimum atomic E-state index is 0.448. The van der Waals surface area contributed by atoms with Crippen LogP contribution in [0.25, 0.3) is 11.3 Å².